The van der Waals surface area contributed by atoms with Crippen LogP contribution in [0.25, 0.3) is 0 Å². The Bertz CT molecular complexity index is 107. The maximum Gasteiger partial charge on any atom is 0.351 e. The minimum Gasteiger partial charge on any atom is -0.397 e. The van der Waals surface area contributed by atoms with E-state index in [-0.39, 0.29) is 5.67 Å². The maximum atomic E-state index is 5.78. The van der Waals surface area contributed by atoms with Crippen molar-refractivity contribution in [1.29, 1.82) is 0 Å². The van der Waals surface area contributed by atoms with Crippen LogP contribution in [0.1, 0.15) is 13.3 Å². The van der Waals surface area contributed by atoms with Crippen LogP contribution in [0.4, 0.5) is 0 Å². The molecule has 0 saturated heterocycles. The first-order chi connectivity index (χ1) is 5.60. The first kappa shape index (κ1) is 14.4. The van der Waals surface area contributed by atoms with Gasteiger partial charge in [0.15, 0.2) is 0 Å². The van der Waals surface area contributed by atoms with Crippen LogP contribution in [0, 0.1) is 0 Å². The van der Waals surface area contributed by atoms with E-state index in [1.807, 2.05) is 13.5 Å². The molecular formula is C8H21NO2Si. The van der Waals surface area contributed by atoms with Crippen LogP contribution >= 0.6 is 0 Å². The fraction of sp³-hybridized carbons (Fsp3) is 0.750. The van der Waals surface area contributed by atoms with Crippen molar-refractivity contribution in [3.63, 3.8) is 0 Å². The zero-order valence-corrected chi connectivity index (χ0v) is 9.59. The molecule has 0 heterocycles. The molecule has 0 aliphatic rings. The van der Waals surface area contributed by atoms with Gasteiger partial charge in [-0.3, -0.25) is 0 Å². The van der Waals surface area contributed by atoms with Gasteiger partial charge in [-0.25, -0.2) is 0 Å². The lowest BCUT2D eigenvalue weighted by molar-refractivity contribution is 0.237. The lowest BCUT2D eigenvalue weighted by Gasteiger charge is -2.27. The fourth-order valence-electron chi connectivity index (χ4n) is 0.757. The Hall–Kier alpha value is -0.163. The summed E-state index contributed by atoms with van der Waals surface area (Å²) >= 11 is 0. The molecule has 0 aromatic heterocycles. The van der Waals surface area contributed by atoms with Gasteiger partial charge in [-0.1, -0.05) is 6.92 Å². The molecule has 0 rings (SSSR count). The highest BCUT2D eigenvalue weighted by molar-refractivity contribution is 6.67. The molecule has 0 fully saturated rings. The van der Waals surface area contributed by atoms with Gasteiger partial charge in [0, 0.05) is 19.9 Å². The fourth-order valence-corrected chi connectivity index (χ4v) is 2.27. The summed E-state index contributed by atoms with van der Waals surface area (Å²) < 4.78 is 10.5. The summed E-state index contributed by atoms with van der Waals surface area (Å²) in [6.45, 7) is 10.0. The van der Waals surface area contributed by atoms with Crippen LogP contribution in [0.2, 0.25) is 6.55 Å². The first-order valence-corrected chi connectivity index (χ1v) is 6.36. The molecule has 0 aliphatic heterocycles. The van der Waals surface area contributed by atoms with Gasteiger partial charge in [-0.15, -0.1) is 13.2 Å². The topological polar surface area (TPSA) is 44.5 Å². The van der Waals surface area contributed by atoms with Crippen LogP contribution in [-0.2, 0) is 8.85 Å². The monoisotopic (exact) mass is 191 g/mol. The van der Waals surface area contributed by atoms with Gasteiger partial charge in [0.1, 0.15) is 0 Å². The van der Waals surface area contributed by atoms with Crippen molar-refractivity contribution in [1.82, 2.24) is 0 Å². The Labute approximate surface area is 76.8 Å². The van der Waals surface area contributed by atoms with Gasteiger partial charge >= 0.3 is 8.56 Å². The van der Waals surface area contributed by atoms with E-state index in [9.17, 15) is 0 Å². The van der Waals surface area contributed by atoms with E-state index >= 15 is 0 Å². The highest BCUT2D eigenvalue weighted by Crippen LogP contribution is 2.10. The van der Waals surface area contributed by atoms with E-state index in [4.69, 9.17) is 14.6 Å². The van der Waals surface area contributed by atoms with Gasteiger partial charge in [0.25, 0.3) is 0 Å². The second kappa shape index (κ2) is 7.48. The molecule has 0 amide bonds. The Balaban J connectivity index is 0. The Kier molecular flexibility index (Phi) is 8.96. The predicted octanol–water partition coefficient (Wildman–Crippen LogP) is 1.43. The Morgan fingerprint density at radius 3 is 1.75 bits per heavy atom. The third kappa shape index (κ3) is 4.01. The Morgan fingerprint density at radius 2 is 1.67 bits per heavy atom. The summed E-state index contributed by atoms with van der Waals surface area (Å²) in [5, 5.41) is 0. The van der Waals surface area contributed by atoms with E-state index in [2.05, 4.69) is 13.2 Å². The molecule has 0 aromatic rings. The number of nitrogens with two attached hydrogens (primary N) is 1. The SMILES string of the molecule is C=C.CCC(N)[Si](C)(OC)OC. The van der Waals surface area contributed by atoms with Gasteiger partial charge in [-0.05, 0) is 13.0 Å². The van der Waals surface area contributed by atoms with Crippen LogP contribution in [0.5, 0.6) is 0 Å². The highest BCUT2D eigenvalue weighted by Gasteiger charge is 2.35. The van der Waals surface area contributed by atoms with Gasteiger partial charge in [0.2, 0.25) is 0 Å². The molecule has 0 bridgehead atoms. The highest BCUT2D eigenvalue weighted by atomic mass is 28.4. The molecule has 0 spiro atoms. The molecule has 0 radical (unpaired) electrons. The van der Waals surface area contributed by atoms with E-state index in [0.29, 0.717) is 0 Å². The van der Waals surface area contributed by atoms with Crippen molar-refractivity contribution in [2.24, 2.45) is 5.73 Å². The predicted molar refractivity (Wildman–Crippen MR) is 55.2 cm³/mol. The summed E-state index contributed by atoms with van der Waals surface area (Å²) in [5.41, 5.74) is 5.86. The molecule has 0 aliphatic carbocycles. The molecule has 12 heavy (non-hydrogen) atoms. The van der Waals surface area contributed by atoms with Gasteiger partial charge in [0.05, 0.1) is 0 Å². The molecule has 1 unspecified atom stereocenters. The lowest BCUT2D eigenvalue weighted by atomic mass is 10.5. The van der Waals surface area contributed by atoms with Crippen LogP contribution in [0.15, 0.2) is 13.2 Å². The maximum absolute atomic E-state index is 5.78. The molecule has 1 atom stereocenters. The van der Waals surface area contributed by atoms with Gasteiger partial charge in [-0.2, -0.15) is 0 Å². The third-order valence-electron chi connectivity index (χ3n) is 1.92. The quantitative estimate of drug-likeness (QED) is 0.540. The van der Waals surface area contributed by atoms with Crippen molar-refractivity contribution in [3.8, 4) is 0 Å². The van der Waals surface area contributed by atoms with E-state index in [1.165, 1.54) is 0 Å². The second-order valence-electron chi connectivity index (χ2n) is 2.44. The number of hydrogen-bond donors (Lipinski definition) is 1. The summed E-state index contributed by atoms with van der Waals surface area (Å²) in [6, 6.07) is 0. The average Bonchev–Trinajstić information content (AvgIpc) is 2.18. The molecule has 0 aromatic carbocycles. The molecule has 2 N–H and O–H groups in total. The van der Waals surface area contributed by atoms with Crippen LogP contribution in [-0.4, -0.2) is 28.4 Å². The first-order valence-electron chi connectivity index (χ1n) is 3.96. The summed E-state index contributed by atoms with van der Waals surface area (Å²) in [4.78, 5) is 0. The zero-order valence-electron chi connectivity index (χ0n) is 8.59. The van der Waals surface area contributed by atoms with Crippen molar-refractivity contribution >= 4 is 8.56 Å². The van der Waals surface area contributed by atoms with E-state index in [0.717, 1.165) is 6.42 Å². The lowest BCUT2D eigenvalue weighted by Crippen LogP contribution is -2.53. The standard InChI is InChI=1S/C6H17NO2Si.C2H4/c1-5-6(7)10(4,8-2)9-3;1-2/h6H,5,7H2,1-4H3;1-2H2. The molecular weight excluding hydrogens is 170 g/mol. The largest absolute Gasteiger partial charge is 0.397 e. The Morgan fingerprint density at radius 1 is 1.33 bits per heavy atom. The molecule has 4 heteroatoms. The van der Waals surface area contributed by atoms with E-state index < -0.39 is 8.56 Å². The van der Waals surface area contributed by atoms with Gasteiger partial charge < -0.3 is 14.6 Å². The van der Waals surface area contributed by atoms with Crippen molar-refractivity contribution < 1.29 is 8.85 Å². The minimum atomic E-state index is -2.02. The zero-order chi connectivity index (χ0) is 10.2. The minimum absolute atomic E-state index is 0.0718. The second-order valence-corrected chi connectivity index (χ2v) is 6.03. The normalized spacial score (nSPS) is 13.1. The van der Waals surface area contributed by atoms with Crippen molar-refractivity contribution in [2.75, 3.05) is 14.2 Å². The molecule has 0 saturated carbocycles. The smallest absolute Gasteiger partial charge is 0.351 e. The number of hydrogen-bond acceptors (Lipinski definition) is 3. The summed E-state index contributed by atoms with van der Waals surface area (Å²) in [5.74, 6) is 0. The van der Waals surface area contributed by atoms with Crippen LogP contribution in [0.3, 0.4) is 0 Å². The van der Waals surface area contributed by atoms with Crippen molar-refractivity contribution in [2.45, 2.75) is 25.6 Å². The number of rotatable bonds is 4. The van der Waals surface area contributed by atoms with Crippen molar-refractivity contribution in [3.05, 3.63) is 13.2 Å². The third-order valence-corrected chi connectivity index (χ3v) is 5.30. The molecule has 74 valence electrons. The molecule has 3 nitrogen and oxygen atoms in total. The summed E-state index contributed by atoms with van der Waals surface area (Å²) in [7, 11) is 1.29. The van der Waals surface area contributed by atoms with Crippen LogP contribution < -0.4 is 5.73 Å². The van der Waals surface area contributed by atoms with E-state index in [1.54, 1.807) is 14.2 Å². The average molecular weight is 191 g/mol. The summed E-state index contributed by atoms with van der Waals surface area (Å²) in [6.07, 6.45) is 0.907.